The summed E-state index contributed by atoms with van der Waals surface area (Å²) in [4.78, 5) is 37.6. The van der Waals surface area contributed by atoms with E-state index in [0.29, 0.717) is 19.3 Å². The summed E-state index contributed by atoms with van der Waals surface area (Å²) in [5.74, 6) is -1.03. The monoisotopic (exact) mass is 763 g/mol. The molecule has 0 fully saturated rings. The maximum atomic E-state index is 12.7. The molecule has 0 saturated heterocycles. The number of ether oxygens (including phenoxy) is 3. The normalized spacial score (nSPS) is 13.0. The van der Waals surface area contributed by atoms with Crippen LogP contribution in [0.15, 0.2) is 97.2 Å². The molecule has 0 radical (unpaired) electrons. The Hall–Kier alpha value is -3.67. The van der Waals surface area contributed by atoms with E-state index in [1.807, 2.05) is 54.7 Å². The van der Waals surface area contributed by atoms with Gasteiger partial charge in [0.15, 0.2) is 6.10 Å². The van der Waals surface area contributed by atoms with E-state index in [9.17, 15) is 14.4 Å². The average molecular weight is 763 g/mol. The van der Waals surface area contributed by atoms with Gasteiger partial charge in [-0.05, 0) is 77.0 Å². The number of hydrogen-bond acceptors (Lipinski definition) is 6. The molecule has 0 N–H and O–H groups in total. The Labute approximate surface area is 337 Å². The predicted octanol–water partition coefficient (Wildman–Crippen LogP) is 13.9. The van der Waals surface area contributed by atoms with Gasteiger partial charge in [-0.15, -0.1) is 0 Å². The zero-order valence-corrected chi connectivity index (χ0v) is 35.1. The van der Waals surface area contributed by atoms with Gasteiger partial charge in [0.25, 0.3) is 0 Å². The van der Waals surface area contributed by atoms with Gasteiger partial charge >= 0.3 is 17.9 Å². The van der Waals surface area contributed by atoms with Crippen LogP contribution in [-0.4, -0.2) is 37.2 Å². The Kier molecular flexibility index (Phi) is 40.2. The maximum Gasteiger partial charge on any atom is 0.306 e. The molecule has 0 bridgehead atoms. The van der Waals surface area contributed by atoms with Crippen LogP contribution in [0.25, 0.3) is 0 Å². The van der Waals surface area contributed by atoms with Gasteiger partial charge in [0.1, 0.15) is 13.2 Å². The van der Waals surface area contributed by atoms with Crippen LogP contribution in [0.5, 0.6) is 0 Å². The zero-order chi connectivity index (χ0) is 40.1. The number of unbranched alkanes of at least 4 members (excludes halogenated alkanes) is 14. The fraction of sp³-hybridized carbons (Fsp3) is 0.612. The topological polar surface area (TPSA) is 78.9 Å². The van der Waals surface area contributed by atoms with E-state index >= 15 is 0 Å². The molecule has 6 nitrogen and oxygen atoms in total. The maximum absolute atomic E-state index is 12.7. The summed E-state index contributed by atoms with van der Waals surface area (Å²) in [5, 5.41) is 0. The van der Waals surface area contributed by atoms with Crippen molar-refractivity contribution in [2.75, 3.05) is 13.2 Å². The standard InChI is InChI=1S/C49H78O6/c1-4-7-10-13-16-19-22-24-26-27-30-33-36-39-42-48(51)54-45-46(44-53-47(50)41-38-35-32-29-21-18-15-12-9-6-3)55-49(52)43-40-37-34-31-28-25-23-20-17-14-11-8-5-2/h7-8,10-11,14-20,23,25,28,31,34,46H,4-6,9,12-13,21-22,24,26-27,29-30,32-33,35-45H2,1-3H3/b10-7-,11-8-,17-14-,18-15-,19-16-,23-20-,28-25-,34-31-. The highest BCUT2D eigenvalue weighted by molar-refractivity contribution is 5.71. The van der Waals surface area contributed by atoms with Crippen LogP contribution in [0.3, 0.4) is 0 Å². The lowest BCUT2D eigenvalue weighted by atomic mass is 10.1. The minimum absolute atomic E-state index is 0.116. The van der Waals surface area contributed by atoms with Crippen LogP contribution in [0.4, 0.5) is 0 Å². The van der Waals surface area contributed by atoms with Crippen LogP contribution in [0, 0.1) is 0 Å². The molecule has 310 valence electrons. The third-order valence-electron chi connectivity index (χ3n) is 8.68. The van der Waals surface area contributed by atoms with Crippen LogP contribution in [0.1, 0.15) is 175 Å². The largest absolute Gasteiger partial charge is 0.462 e. The van der Waals surface area contributed by atoms with E-state index in [4.69, 9.17) is 14.2 Å². The molecule has 0 rings (SSSR count). The van der Waals surface area contributed by atoms with E-state index in [1.54, 1.807) is 0 Å². The number of hydrogen-bond donors (Lipinski definition) is 0. The van der Waals surface area contributed by atoms with Crippen LogP contribution in [-0.2, 0) is 28.6 Å². The Bertz CT molecular complexity index is 1150. The highest BCUT2D eigenvalue weighted by Gasteiger charge is 2.19. The molecule has 0 saturated carbocycles. The molecule has 1 unspecified atom stereocenters. The SMILES string of the molecule is CC\C=C/C=C\C=C/C=C\C=C/CCCC(=O)OC(COC(=O)CCCCCC/C=C\CCCC)COC(=O)CCCCCCCCC/C=C\C/C=C\CC. The summed E-state index contributed by atoms with van der Waals surface area (Å²) < 4.78 is 16.6. The van der Waals surface area contributed by atoms with Crippen molar-refractivity contribution in [3.63, 3.8) is 0 Å². The van der Waals surface area contributed by atoms with Gasteiger partial charge in [-0.25, -0.2) is 0 Å². The van der Waals surface area contributed by atoms with Crippen molar-refractivity contribution >= 4 is 17.9 Å². The molecular formula is C49H78O6. The first-order valence-corrected chi connectivity index (χ1v) is 21.8. The number of esters is 3. The Morgan fingerprint density at radius 3 is 1.36 bits per heavy atom. The Morgan fingerprint density at radius 1 is 0.400 bits per heavy atom. The van der Waals surface area contributed by atoms with Crippen LogP contribution in [0.2, 0.25) is 0 Å². The van der Waals surface area contributed by atoms with Crippen LogP contribution >= 0.6 is 0 Å². The van der Waals surface area contributed by atoms with E-state index < -0.39 is 12.1 Å². The molecule has 0 aliphatic carbocycles. The zero-order valence-electron chi connectivity index (χ0n) is 35.1. The lowest BCUT2D eigenvalue weighted by Gasteiger charge is -2.18. The number of carbonyl (C=O) groups is 3. The Balaban J connectivity index is 4.53. The van der Waals surface area contributed by atoms with Gasteiger partial charge in [-0.3, -0.25) is 14.4 Å². The molecule has 0 heterocycles. The van der Waals surface area contributed by atoms with Crippen molar-refractivity contribution in [1.82, 2.24) is 0 Å². The highest BCUT2D eigenvalue weighted by Crippen LogP contribution is 2.12. The third-order valence-corrected chi connectivity index (χ3v) is 8.68. The summed E-state index contributed by atoms with van der Waals surface area (Å²) in [5.41, 5.74) is 0. The van der Waals surface area contributed by atoms with Gasteiger partial charge in [-0.1, -0.05) is 176 Å². The van der Waals surface area contributed by atoms with Gasteiger partial charge < -0.3 is 14.2 Å². The summed E-state index contributed by atoms with van der Waals surface area (Å²) in [6.45, 7) is 6.23. The molecule has 0 aliphatic rings. The molecule has 0 aliphatic heterocycles. The van der Waals surface area contributed by atoms with Crippen molar-refractivity contribution < 1.29 is 28.6 Å². The fourth-order valence-corrected chi connectivity index (χ4v) is 5.43. The van der Waals surface area contributed by atoms with Gasteiger partial charge in [0.2, 0.25) is 0 Å². The summed E-state index contributed by atoms with van der Waals surface area (Å²) in [6.07, 6.45) is 55.4. The predicted molar refractivity (Wildman–Crippen MR) is 233 cm³/mol. The first-order chi connectivity index (χ1) is 27.0. The number of allylic oxidation sites excluding steroid dienone is 16. The number of rotatable bonds is 37. The van der Waals surface area contributed by atoms with Gasteiger partial charge in [-0.2, -0.15) is 0 Å². The minimum atomic E-state index is -0.820. The second kappa shape index (κ2) is 43.1. The molecule has 1 atom stereocenters. The molecule has 0 aromatic rings. The molecule has 0 spiro atoms. The quantitative estimate of drug-likeness (QED) is 0.0206. The van der Waals surface area contributed by atoms with E-state index in [0.717, 1.165) is 89.9 Å². The van der Waals surface area contributed by atoms with E-state index in [-0.39, 0.29) is 31.6 Å². The first kappa shape index (κ1) is 51.3. The highest BCUT2D eigenvalue weighted by atomic mass is 16.6. The molecule has 55 heavy (non-hydrogen) atoms. The number of carbonyl (C=O) groups excluding carboxylic acids is 3. The summed E-state index contributed by atoms with van der Waals surface area (Å²) >= 11 is 0. The molecular weight excluding hydrogens is 685 g/mol. The van der Waals surface area contributed by atoms with Crippen LogP contribution < -0.4 is 0 Å². The second-order valence-corrected chi connectivity index (χ2v) is 14.0. The molecule has 0 aromatic carbocycles. The van der Waals surface area contributed by atoms with Crippen molar-refractivity contribution in [2.24, 2.45) is 0 Å². The van der Waals surface area contributed by atoms with Crippen molar-refractivity contribution in [3.05, 3.63) is 97.2 Å². The van der Waals surface area contributed by atoms with Crippen molar-refractivity contribution in [2.45, 2.75) is 181 Å². The van der Waals surface area contributed by atoms with Gasteiger partial charge in [0.05, 0.1) is 0 Å². The third kappa shape index (κ3) is 41.3. The van der Waals surface area contributed by atoms with Crippen molar-refractivity contribution in [1.29, 1.82) is 0 Å². The second-order valence-electron chi connectivity index (χ2n) is 14.0. The molecule has 0 aromatic heterocycles. The van der Waals surface area contributed by atoms with Gasteiger partial charge in [0, 0.05) is 19.3 Å². The fourth-order valence-electron chi connectivity index (χ4n) is 5.43. The van der Waals surface area contributed by atoms with Crippen molar-refractivity contribution in [3.8, 4) is 0 Å². The van der Waals surface area contributed by atoms with E-state index in [2.05, 4.69) is 63.3 Å². The lowest BCUT2D eigenvalue weighted by molar-refractivity contribution is -0.167. The van der Waals surface area contributed by atoms with E-state index in [1.165, 1.54) is 38.5 Å². The average Bonchev–Trinajstić information content (AvgIpc) is 3.18. The Morgan fingerprint density at radius 2 is 0.818 bits per heavy atom. The smallest absolute Gasteiger partial charge is 0.306 e. The minimum Gasteiger partial charge on any atom is -0.462 e. The lowest BCUT2D eigenvalue weighted by Crippen LogP contribution is -2.30. The first-order valence-electron chi connectivity index (χ1n) is 21.8. The molecule has 0 amide bonds. The summed E-state index contributed by atoms with van der Waals surface area (Å²) in [7, 11) is 0. The summed E-state index contributed by atoms with van der Waals surface area (Å²) in [6, 6.07) is 0. The molecule has 6 heteroatoms.